The molecule has 0 bridgehead atoms. The third kappa shape index (κ3) is 2.45. The van der Waals surface area contributed by atoms with Crippen LogP contribution in [0.5, 0.6) is 0 Å². The van der Waals surface area contributed by atoms with Crippen LogP contribution in [0.1, 0.15) is 37.8 Å². The maximum absolute atomic E-state index is 9.32. The van der Waals surface area contributed by atoms with Gasteiger partial charge in [0.15, 0.2) is 0 Å². The van der Waals surface area contributed by atoms with Crippen molar-refractivity contribution in [2.24, 2.45) is 0 Å². The minimum Gasteiger partial charge on any atom is -0.393 e. The molecule has 1 heterocycles. The van der Waals surface area contributed by atoms with Gasteiger partial charge in [-0.05, 0) is 50.8 Å². The van der Waals surface area contributed by atoms with Gasteiger partial charge in [0.05, 0.1) is 6.10 Å². The molecule has 2 rings (SSSR count). The van der Waals surface area contributed by atoms with Gasteiger partial charge in [0.25, 0.3) is 0 Å². The first-order chi connectivity index (χ1) is 7.60. The van der Waals surface area contributed by atoms with Gasteiger partial charge in [0.1, 0.15) is 0 Å². The van der Waals surface area contributed by atoms with E-state index >= 15 is 0 Å². The van der Waals surface area contributed by atoms with Crippen LogP contribution in [-0.2, 0) is 12.0 Å². The lowest BCUT2D eigenvalue weighted by molar-refractivity contribution is 0.195. The van der Waals surface area contributed by atoms with Crippen molar-refractivity contribution in [3.8, 4) is 0 Å². The summed E-state index contributed by atoms with van der Waals surface area (Å²) in [5.41, 5.74) is 2.73. The summed E-state index contributed by atoms with van der Waals surface area (Å²) in [6, 6.07) is 8.65. The fourth-order valence-corrected chi connectivity index (χ4v) is 2.49. The number of aliphatic hydroxyl groups is 1. The van der Waals surface area contributed by atoms with Crippen molar-refractivity contribution >= 4 is 0 Å². The molecule has 88 valence electrons. The van der Waals surface area contributed by atoms with Crippen LogP contribution in [0.3, 0.4) is 0 Å². The highest BCUT2D eigenvalue weighted by Gasteiger charge is 2.29. The molecule has 0 radical (unpaired) electrons. The zero-order valence-corrected chi connectivity index (χ0v) is 10.2. The van der Waals surface area contributed by atoms with Gasteiger partial charge < -0.3 is 10.4 Å². The Hall–Kier alpha value is -0.860. The van der Waals surface area contributed by atoms with E-state index in [1.54, 1.807) is 0 Å². The summed E-state index contributed by atoms with van der Waals surface area (Å²) >= 11 is 0. The van der Waals surface area contributed by atoms with Crippen LogP contribution in [0.2, 0.25) is 0 Å². The van der Waals surface area contributed by atoms with Crippen molar-refractivity contribution in [2.75, 3.05) is 6.54 Å². The summed E-state index contributed by atoms with van der Waals surface area (Å²) in [6.45, 7) is 5.21. The van der Waals surface area contributed by atoms with Gasteiger partial charge in [-0.15, -0.1) is 0 Å². The quantitative estimate of drug-likeness (QED) is 0.817. The van der Waals surface area contributed by atoms with E-state index in [0.29, 0.717) is 0 Å². The number of hydrogen-bond donors (Lipinski definition) is 2. The first-order valence-electron chi connectivity index (χ1n) is 6.13. The predicted octanol–water partition coefficient (Wildman–Crippen LogP) is 2.21. The van der Waals surface area contributed by atoms with E-state index < -0.39 is 0 Å². The monoisotopic (exact) mass is 219 g/mol. The molecule has 1 saturated heterocycles. The minimum atomic E-state index is -0.258. The lowest BCUT2D eigenvalue weighted by Gasteiger charge is -2.25. The molecule has 0 aliphatic carbocycles. The van der Waals surface area contributed by atoms with E-state index in [-0.39, 0.29) is 11.6 Å². The molecular weight excluding hydrogens is 198 g/mol. The second-order valence-electron chi connectivity index (χ2n) is 5.11. The van der Waals surface area contributed by atoms with Crippen LogP contribution in [-0.4, -0.2) is 17.8 Å². The molecule has 2 unspecified atom stereocenters. The van der Waals surface area contributed by atoms with E-state index in [4.69, 9.17) is 0 Å². The van der Waals surface area contributed by atoms with Crippen molar-refractivity contribution < 1.29 is 5.11 Å². The Labute approximate surface area is 97.7 Å². The van der Waals surface area contributed by atoms with Crippen molar-refractivity contribution in [2.45, 2.75) is 44.8 Å². The molecule has 0 aromatic heterocycles. The summed E-state index contributed by atoms with van der Waals surface area (Å²) in [7, 11) is 0. The average molecular weight is 219 g/mol. The highest BCUT2D eigenvalue weighted by molar-refractivity contribution is 5.29. The number of nitrogens with one attached hydrogen (secondary N) is 1. The molecule has 1 aliphatic heterocycles. The van der Waals surface area contributed by atoms with E-state index in [9.17, 15) is 5.11 Å². The van der Waals surface area contributed by atoms with Crippen molar-refractivity contribution in [3.63, 3.8) is 0 Å². The van der Waals surface area contributed by atoms with Crippen LogP contribution in [0.25, 0.3) is 0 Å². The van der Waals surface area contributed by atoms with Gasteiger partial charge in [0, 0.05) is 5.54 Å². The van der Waals surface area contributed by atoms with Crippen LogP contribution >= 0.6 is 0 Å². The molecule has 2 heteroatoms. The topological polar surface area (TPSA) is 32.3 Å². The zero-order valence-electron chi connectivity index (χ0n) is 10.2. The Morgan fingerprint density at radius 3 is 2.56 bits per heavy atom. The first-order valence-corrected chi connectivity index (χ1v) is 6.13. The first kappa shape index (κ1) is 11.6. The minimum absolute atomic E-state index is 0.156. The van der Waals surface area contributed by atoms with Crippen LogP contribution in [0, 0.1) is 0 Å². The number of benzene rings is 1. The molecule has 2 nitrogen and oxygen atoms in total. The predicted molar refractivity (Wildman–Crippen MR) is 66.4 cm³/mol. The largest absolute Gasteiger partial charge is 0.393 e. The molecule has 0 spiro atoms. The lowest BCUT2D eigenvalue weighted by atomic mass is 9.89. The highest BCUT2D eigenvalue weighted by Crippen LogP contribution is 2.30. The number of hydrogen-bond acceptors (Lipinski definition) is 2. The molecule has 2 atom stereocenters. The van der Waals surface area contributed by atoms with E-state index in [1.165, 1.54) is 24.0 Å². The van der Waals surface area contributed by atoms with Crippen LogP contribution < -0.4 is 5.32 Å². The van der Waals surface area contributed by atoms with E-state index in [1.807, 2.05) is 6.92 Å². The van der Waals surface area contributed by atoms with E-state index in [0.717, 1.165) is 13.0 Å². The lowest BCUT2D eigenvalue weighted by Crippen LogP contribution is -2.33. The molecule has 16 heavy (non-hydrogen) atoms. The Morgan fingerprint density at radius 2 is 2.06 bits per heavy atom. The molecular formula is C14H21NO. The van der Waals surface area contributed by atoms with Gasteiger partial charge in [0.2, 0.25) is 0 Å². The smallest absolute Gasteiger partial charge is 0.0552 e. The van der Waals surface area contributed by atoms with Gasteiger partial charge >= 0.3 is 0 Å². The molecule has 0 saturated carbocycles. The third-order valence-corrected chi connectivity index (χ3v) is 3.49. The van der Waals surface area contributed by atoms with Gasteiger partial charge in [-0.2, -0.15) is 0 Å². The maximum atomic E-state index is 9.32. The summed E-state index contributed by atoms with van der Waals surface area (Å²) in [5.74, 6) is 0. The fraction of sp³-hybridized carbons (Fsp3) is 0.571. The standard InChI is InChI=1S/C14H21NO/c1-11(16)10-12-4-6-13(7-5-12)14(2)8-3-9-15-14/h4-7,11,15-16H,3,8-10H2,1-2H3. The Balaban J connectivity index is 2.12. The van der Waals surface area contributed by atoms with Gasteiger partial charge in [-0.1, -0.05) is 24.3 Å². The maximum Gasteiger partial charge on any atom is 0.0552 e. The highest BCUT2D eigenvalue weighted by atomic mass is 16.3. The summed E-state index contributed by atoms with van der Waals surface area (Å²) < 4.78 is 0. The summed E-state index contributed by atoms with van der Waals surface area (Å²) in [5, 5.41) is 12.9. The average Bonchev–Trinajstić information content (AvgIpc) is 2.66. The Bertz CT molecular complexity index is 336. The fourth-order valence-electron chi connectivity index (χ4n) is 2.49. The van der Waals surface area contributed by atoms with Crippen molar-refractivity contribution in [1.82, 2.24) is 5.32 Å². The SMILES string of the molecule is CC(O)Cc1ccc(C2(C)CCCN2)cc1. The zero-order chi connectivity index (χ0) is 11.6. The summed E-state index contributed by atoms with van der Waals surface area (Å²) in [6.07, 6.45) is 2.95. The Morgan fingerprint density at radius 1 is 1.38 bits per heavy atom. The second-order valence-corrected chi connectivity index (χ2v) is 5.11. The number of rotatable bonds is 3. The molecule has 1 fully saturated rings. The van der Waals surface area contributed by atoms with E-state index in [2.05, 4.69) is 36.5 Å². The van der Waals surface area contributed by atoms with Gasteiger partial charge in [-0.25, -0.2) is 0 Å². The Kier molecular flexibility index (Phi) is 3.31. The normalized spacial score (nSPS) is 26.9. The van der Waals surface area contributed by atoms with Crippen LogP contribution in [0.4, 0.5) is 0 Å². The molecule has 0 amide bonds. The number of aliphatic hydroxyl groups excluding tert-OH is 1. The second kappa shape index (κ2) is 4.56. The molecule has 1 aromatic carbocycles. The summed E-state index contributed by atoms with van der Waals surface area (Å²) in [4.78, 5) is 0. The van der Waals surface area contributed by atoms with Crippen molar-refractivity contribution in [1.29, 1.82) is 0 Å². The van der Waals surface area contributed by atoms with Crippen LogP contribution in [0.15, 0.2) is 24.3 Å². The molecule has 2 N–H and O–H groups in total. The van der Waals surface area contributed by atoms with Crippen molar-refractivity contribution in [3.05, 3.63) is 35.4 Å². The third-order valence-electron chi connectivity index (χ3n) is 3.49. The van der Waals surface area contributed by atoms with Gasteiger partial charge in [-0.3, -0.25) is 0 Å². The molecule has 1 aromatic rings. The molecule has 1 aliphatic rings.